The van der Waals surface area contributed by atoms with Crippen molar-refractivity contribution in [3.8, 4) is 0 Å². The van der Waals surface area contributed by atoms with E-state index in [1.54, 1.807) is 0 Å². The Morgan fingerprint density at radius 2 is 0.698 bits per heavy atom. The molecule has 0 aromatic heterocycles. The molecule has 3 rings (SSSR count). The molecule has 0 saturated carbocycles. The van der Waals surface area contributed by atoms with Crippen LogP contribution in [0.25, 0.3) is 0 Å². The minimum absolute atomic E-state index is 0. The quantitative estimate of drug-likeness (QED) is 0.246. The third-order valence-corrected chi connectivity index (χ3v) is 10.7. The zero-order valence-corrected chi connectivity index (χ0v) is 38.4. The number of likely N-dealkylation sites (N-methyl/N-ethyl adjacent to an activating group) is 6. The van der Waals surface area contributed by atoms with Crippen molar-refractivity contribution < 1.29 is 47.9 Å². The molecule has 1 heterocycles. The Kier molecular flexibility index (Phi) is 24.1. The molecule has 309 valence electrons. The maximum atomic E-state index is 7.69. The number of aliphatic hydroxyl groups is 2. The number of methoxy groups -OCH3 is 1. The smallest absolute Gasteiger partial charge is 0.779 e. The van der Waals surface area contributed by atoms with Crippen LogP contribution in [-0.2, 0) is 100.0 Å². The predicted molar refractivity (Wildman–Crippen MR) is 217 cm³/mol. The Bertz CT molecular complexity index is 1190. The molecule has 53 heavy (non-hydrogen) atoms. The SMILES string of the molecule is CN1CCN(C)Cc2cc(C(C)(C)C)cc(c2[S-])CN(C)CCN(C)CCN(C)Cc2cc(C(C)(C)C)cc(c2[S-])CN(C)CC1.COC(O)O.[Ni+3].[Ni]. The third-order valence-electron chi connectivity index (χ3n) is 9.64. The number of benzene rings is 2. The average Bonchev–Trinajstić information content (AvgIpc) is 3.03. The summed E-state index contributed by atoms with van der Waals surface area (Å²) in [5, 5.41) is 15.4. The van der Waals surface area contributed by atoms with Gasteiger partial charge in [0.1, 0.15) is 0 Å². The molecular formula is C40H70N6Ni2O3S2+. The standard InChI is InChI=1S/C38H66N6S2.C2H6O3.2Ni/c1-37(2,3)33-21-29-25-41(9)17-13-39(7)15-19-43(11)27-31-23-34(38(4,5)6)24-32(36(31)46)28-44(12)20-16-40(8)14-18-42(10)26-30(22-33)35(29)45;1-5-2(3)4;;/h21-24,45-46H,13-20,25-28H2,1-12H3;2-4H,1H3;;/q;;;+3/p-2. The topological polar surface area (TPSA) is 69.1 Å². The van der Waals surface area contributed by atoms with Crippen LogP contribution in [-0.4, -0.2) is 148 Å². The normalized spacial score (nSPS) is 18.3. The molecule has 13 heteroatoms. The molecule has 2 aromatic carbocycles. The fourth-order valence-electron chi connectivity index (χ4n) is 5.91. The first-order chi connectivity index (χ1) is 23.6. The van der Waals surface area contributed by atoms with E-state index >= 15 is 0 Å². The fraction of sp³-hybridized carbons (Fsp3) is 0.700. The molecule has 0 aliphatic carbocycles. The second-order valence-electron chi connectivity index (χ2n) is 16.9. The van der Waals surface area contributed by atoms with Gasteiger partial charge in [-0.2, -0.15) is 9.79 Å². The molecule has 0 unspecified atom stereocenters. The molecule has 1 radical (unpaired) electrons. The van der Waals surface area contributed by atoms with E-state index in [-0.39, 0.29) is 43.8 Å². The minimum Gasteiger partial charge on any atom is -0.779 e. The zero-order valence-electron chi connectivity index (χ0n) is 34.8. The van der Waals surface area contributed by atoms with Crippen LogP contribution in [0.2, 0.25) is 0 Å². The molecule has 2 N–H and O–H groups in total. The summed E-state index contributed by atoms with van der Waals surface area (Å²) < 4.78 is 3.86. The van der Waals surface area contributed by atoms with Gasteiger partial charge in [0.25, 0.3) is 6.48 Å². The van der Waals surface area contributed by atoms with Crippen molar-refractivity contribution in [3.05, 3.63) is 57.6 Å². The summed E-state index contributed by atoms with van der Waals surface area (Å²) in [6.45, 7) is 23.8. The van der Waals surface area contributed by atoms with E-state index in [9.17, 15) is 0 Å². The van der Waals surface area contributed by atoms with Gasteiger partial charge in [0.2, 0.25) is 0 Å². The first kappa shape index (κ1) is 52.5. The van der Waals surface area contributed by atoms with E-state index in [4.69, 9.17) is 35.5 Å². The Labute approximate surface area is 354 Å². The van der Waals surface area contributed by atoms with Crippen LogP contribution in [0, 0.1) is 0 Å². The van der Waals surface area contributed by atoms with Crippen LogP contribution in [0.3, 0.4) is 0 Å². The Balaban J connectivity index is 0.00000361. The van der Waals surface area contributed by atoms with Crippen LogP contribution >= 0.6 is 0 Å². The molecule has 1 aliphatic rings. The molecule has 4 bridgehead atoms. The van der Waals surface area contributed by atoms with Gasteiger partial charge in [-0.1, -0.05) is 88.1 Å². The molecule has 9 nitrogen and oxygen atoms in total. The maximum Gasteiger partial charge on any atom is 3.00 e. The summed E-state index contributed by atoms with van der Waals surface area (Å²) in [5.74, 6) is 0. The van der Waals surface area contributed by atoms with E-state index in [2.05, 4.69) is 142 Å². The van der Waals surface area contributed by atoms with Crippen LogP contribution in [0.4, 0.5) is 0 Å². The number of nitrogens with zero attached hydrogens (tertiary/aromatic N) is 6. The van der Waals surface area contributed by atoms with Gasteiger partial charge in [-0.05, 0) is 64.2 Å². The van der Waals surface area contributed by atoms with Gasteiger partial charge in [-0.15, -0.1) is 0 Å². The van der Waals surface area contributed by atoms with Crippen LogP contribution in [0.15, 0.2) is 34.1 Å². The number of ether oxygens (including phenoxy) is 1. The number of fused-ring (bicyclic) bond motifs is 4. The van der Waals surface area contributed by atoms with Crippen LogP contribution < -0.4 is 0 Å². The van der Waals surface area contributed by atoms with E-state index in [1.807, 2.05) is 0 Å². The van der Waals surface area contributed by atoms with Crippen molar-refractivity contribution in [3.63, 3.8) is 0 Å². The van der Waals surface area contributed by atoms with E-state index in [1.165, 1.54) is 40.5 Å². The Morgan fingerprint density at radius 1 is 0.509 bits per heavy atom. The molecule has 0 saturated heterocycles. The molecule has 0 spiro atoms. The average molecular weight is 865 g/mol. The van der Waals surface area contributed by atoms with Gasteiger partial charge in [0, 0.05) is 102 Å². The van der Waals surface area contributed by atoms with Crippen molar-refractivity contribution in [2.45, 2.75) is 94.8 Å². The van der Waals surface area contributed by atoms with Crippen molar-refractivity contribution >= 4 is 25.3 Å². The molecule has 0 amide bonds. The van der Waals surface area contributed by atoms with Gasteiger partial charge in [0.05, 0.1) is 0 Å². The number of aliphatic hydroxyl groups excluding tert-OH is 1. The summed E-state index contributed by atoms with van der Waals surface area (Å²) in [7, 11) is 14.6. The molecular weight excluding hydrogens is 794 g/mol. The van der Waals surface area contributed by atoms with Crippen LogP contribution in [0.1, 0.15) is 74.9 Å². The maximum absolute atomic E-state index is 7.69. The second-order valence-corrected chi connectivity index (χ2v) is 17.7. The summed E-state index contributed by atoms with van der Waals surface area (Å²) in [4.78, 5) is 16.7. The summed E-state index contributed by atoms with van der Waals surface area (Å²) in [6.07, 6.45) is 0. The number of hydrogen-bond acceptors (Lipinski definition) is 11. The number of hydrogen-bond donors (Lipinski definition) is 2. The number of rotatable bonds is 1. The summed E-state index contributed by atoms with van der Waals surface area (Å²) in [6, 6.07) is 9.46. The van der Waals surface area contributed by atoms with Crippen LogP contribution in [0.5, 0.6) is 0 Å². The minimum atomic E-state index is -1.62. The monoisotopic (exact) mass is 862 g/mol. The largest absolute Gasteiger partial charge is 3.00 e. The first-order valence-corrected chi connectivity index (χ1v) is 19.1. The van der Waals surface area contributed by atoms with Crippen molar-refractivity contribution in [2.75, 3.05) is 102 Å². The van der Waals surface area contributed by atoms with E-state index < -0.39 is 6.48 Å². The molecule has 2 aromatic rings. The first-order valence-electron chi connectivity index (χ1n) is 18.3. The van der Waals surface area contributed by atoms with Crippen molar-refractivity contribution in [1.29, 1.82) is 0 Å². The Hall–Kier alpha value is -0.493. The summed E-state index contributed by atoms with van der Waals surface area (Å²) in [5.41, 5.74) is 8.01. The van der Waals surface area contributed by atoms with Gasteiger partial charge < -0.3 is 69.6 Å². The second kappa shape index (κ2) is 24.3. The third kappa shape index (κ3) is 19.0. The molecule has 0 fully saturated rings. The van der Waals surface area contributed by atoms with Crippen molar-refractivity contribution in [1.82, 2.24) is 29.4 Å². The van der Waals surface area contributed by atoms with Gasteiger partial charge in [0.15, 0.2) is 0 Å². The fourth-order valence-corrected chi connectivity index (χ4v) is 6.41. The molecule has 0 atom stereocenters. The van der Waals surface area contributed by atoms with E-state index in [0.29, 0.717) is 0 Å². The predicted octanol–water partition coefficient (Wildman–Crippen LogP) is 4.29. The summed E-state index contributed by atoms with van der Waals surface area (Å²) >= 11 is 12.3. The Morgan fingerprint density at radius 3 is 0.868 bits per heavy atom. The van der Waals surface area contributed by atoms with Gasteiger partial charge in [-0.3, -0.25) is 0 Å². The van der Waals surface area contributed by atoms with Gasteiger partial charge in [-0.25, -0.2) is 0 Å². The van der Waals surface area contributed by atoms with Gasteiger partial charge >= 0.3 is 16.5 Å². The van der Waals surface area contributed by atoms with Crippen molar-refractivity contribution in [2.24, 2.45) is 0 Å². The molecule has 1 aliphatic heterocycles. The van der Waals surface area contributed by atoms with E-state index in [0.717, 1.165) is 88.3 Å². The zero-order chi connectivity index (χ0) is 38.7.